The van der Waals surface area contributed by atoms with E-state index in [9.17, 15) is 0 Å². The van der Waals surface area contributed by atoms with E-state index in [-0.39, 0.29) is 0 Å². The van der Waals surface area contributed by atoms with Gasteiger partial charge >= 0.3 is 0 Å². The van der Waals surface area contributed by atoms with Crippen LogP contribution in [0.15, 0.2) is 6.07 Å². The Hall–Kier alpha value is -1.30. The lowest BCUT2D eigenvalue weighted by molar-refractivity contribution is 0.0338. The third kappa shape index (κ3) is 3.07. The fraction of sp³-hybridized carbons (Fsp3) is 0.647. The van der Waals surface area contributed by atoms with Crippen molar-refractivity contribution in [1.29, 1.82) is 0 Å². The Kier molecular flexibility index (Phi) is 4.86. The number of methoxy groups -OCH3 is 2. The molecule has 0 aliphatic carbocycles. The van der Waals surface area contributed by atoms with Gasteiger partial charge in [0.1, 0.15) is 11.5 Å². The standard InChI is InChI=1S/C17H26N2O3/c1-12-8-14-15(10-18-12)16(20-2)9-13(17(14)21-3)11-19-4-6-22-7-5-19/h9,12,18H,4-8,10-11H2,1-3H3. The summed E-state index contributed by atoms with van der Waals surface area (Å²) in [6.45, 7) is 7.51. The minimum atomic E-state index is 0.463. The van der Waals surface area contributed by atoms with Crippen molar-refractivity contribution in [2.45, 2.75) is 32.5 Å². The quantitative estimate of drug-likeness (QED) is 0.915. The molecular weight excluding hydrogens is 280 g/mol. The molecule has 5 nitrogen and oxygen atoms in total. The maximum Gasteiger partial charge on any atom is 0.127 e. The molecule has 122 valence electrons. The van der Waals surface area contributed by atoms with Crippen LogP contribution in [0, 0.1) is 0 Å². The van der Waals surface area contributed by atoms with E-state index in [1.54, 1.807) is 14.2 Å². The van der Waals surface area contributed by atoms with Gasteiger partial charge in [-0.25, -0.2) is 0 Å². The van der Waals surface area contributed by atoms with E-state index in [1.807, 2.05) is 0 Å². The third-order valence-electron chi connectivity index (χ3n) is 4.59. The zero-order valence-electron chi connectivity index (χ0n) is 13.8. The highest BCUT2D eigenvalue weighted by Gasteiger charge is 2.25. The van der Waals surface area contributed by atoms with Crippen LogP contribution in [0.5, 0.6) is 11.5 Å². The molecule has 2 heterocycles. The van der Waals surface area contributed by atoms with Crippen LogP contribution in [-0.4, -0.2) is 51.5 Å². The predicted molar refractivity (Wildman–Crippen MR) is 85.6 cm³/mol. The number of morpholine rings is 1. The molecule has 1 aromatic rings. The zero-order chi connectivity index (χ0) is 15.5. The third-order valence-corrected chi connectivity index (χ3v) is 4.59. The first-order valence-corrected chi connectivity index (χ1v) is 8.02. The van der Waals surface area contributed by atoms with Gasteiger partial charge in [-0.05, 0) is 19.4 Å². The van der Waals surface area contributed by atoms with Gasteiger partial charge in [0.15, 0.2) is 0 Å². The number of nitrogens with zero attached hydrogens (tertiary/aromatic N) is 1. The van der Waals surface area contributed by atoms with Crippen molar-refractivity contribution in [3.8, 4) is 11.5 Å². The summed E-state index contributed by atoms with van der Waals surface area (Å²) in [5, 5.41) is 3.50. The first kappa shape index (κ1) is 15.6. The number of rotatable bonds is 4. The number of hydrogen-bond donors (Lipinski definition) is 1. The maximum absolute atomic E-state index is 5.79. The van der Waals surface area contributed by atoms with Crippen LogP contribution in [0.25, 0.3) is 0 Å². The monoisotopic (exact) mass is 306 g/mol. The van der Waals surface area contributed by atoms with E-state index in [0.29, 0.717) is 6.04 Å². The summed E-state index contributed by atoms with van der Waals surface area (Å²) in [6, 6.07) is 2.61. The van der Waals surface area contributed by atoms with Crippen LogP contribution in [0.2, 0.25) is 0 Å². The summed E-state index contributed by atoms with van der Waals surface area (Å²) >= 11 is 0. The zero-order valence-corrected chi connectivity index (χ0v) is 13.8. The SMILES string of the molecule is COc1cc(CN2CCOCC2)c(OC)c2c1CNC(C)C2. The summed E-state index contributed by atoms with van der Waals surface area (Å²) in [7, 11) is 3.52. The summed E-state index contributed by atoms with van der Waals surface area (Å²) < 4.78 is 16.9. The van der Waals surface area contributed by atoms with Crippen molar-refractivity contribution in [1.82, 2.24) is 10.2 Å². The fourth-order valence-electron chi connectivity index (χ4n) is 3.41. The van der Waals surface area contributed by atoms with Crippen LogP contribution in [0.4, 0.5) is 0 Å². The highest BCUT2D eigenvalue weighted by molar-refractivity contribution is 5.55. The van der Waals surface area contributed by atoms with E-state index in [2.05, 4.69) is 23.2 Å². The number of nitrogens with one attached hydrogen (secondary N) is 1. The highest BCUT2D eigenvalue weighted by Crippen LogP contribution is 2.37. The van der Waals surface area contributed by atoms with Crippen LogP contribution in [0.3, 0.4) is 0 Å². The van der Waals surface area contributed by atoms with Crippen LogP contribution >= 0.6 is 0 Å². The molecular formula is C17H26N2O3. The van der Waals surface area contributed by atoms with Crippen molar-refractivity contribution >= 4 is 0 Å². The summed E-state index contributed by atoms with van der Waals surface area (Å²) in [5.41, 5.74) is 3.76. The minimum Gasteiger partial charge on any atom is -0.496 e. The van der Waals surface area contributed by atoms with Gasteiger partial charge in [-0.15, -0.1) is 0 Å². The van der Waals surface area contributed by atoms with Gasteiger partial charge in [-0.3, -0.25) is 4.90 Å². The molecule has 1 N–H and O–H groups in total. The summed E-state index contributed by atoms with van der Waals surface area (Å²) in [4.78, 5) is 2.41. The van der Waals surface area contributed by atoms with Crippen LogP contribution < -0.4 is 14.8 Å². The number of fused-ring (bicyclic) bond motifs is 1. The molecule has 1 saturated heterocycles. The summed E-state index contributed by atoms with van der Waals surface area (Å²) in [6.07, 6.45) is 0.978. The smallest absolute Gasteiger partial charge is 0.127 e. The Bertz CT molecular complexity index is 527. The lowest BCUT2D eigenvalue weighted by Gasteiger charge is -2.31. The molecule has 1 aromatic carbocycles. The molecule has 2 aliphatic heterocycles. The van der Waals surface area contributed by atoms with Gasteiger partial charge in [0, 0.05) is 48.9 Å². The Morgan fingerprint density at radius 2 is 2.00 bits per heavy atom. The topological polar surface area (TPSA) is 43.0 Å². The second-order valence-electron chi connectivity index (χ2n) is 6.10. The molecule has 0 spiro atoms. The van der Waals surface area contributed by atoms with Gasteiger partial charge in [0.05, 0.1) is 27.4 Å². The van der Waals surface area contributed by atoms with Crippen molar-refractivity contribution in [2.75, 3.05) is 40.5 Å². The Morgan fingerprint density at radius 1 is 1.23 bits per heavy atom. The van der Waals surface area contributed by atoms with Gasteiger partial charge in [-0.1, -0.05) is 0 Å². The first-order chi connectivity index (χ1) is 10.7. The first-order valence-electron chi connectivity index (χ1n) is 8.02. The fourth-order valence-corrected chi connectivity index (χ4v) is 3.41. The molecule has 0 radical (unpaired) electrons. The second-order valence-corrected chi connectivity index (χ2v) is 6.10. The van der Waals surface area contributed by atoms with E-state index in [4.69, 9.17) is 14.2 Å². The molecule has 1 unspecified atom stereocenters. The molecule has 2 aliphatic rings. The average molecular weight is 306 g/mol. The molecule has 1 fully saturated rings. The lowest BCUT2D eigenvalue weighted by atomic mass is 9.92. The number of hydrogen-bond acceptors (Lipinski definition) is 5. The maximum atomic E-state index is 5.79. The van der Waals surface area contributed by atoms with Crippen molar-refractivity contribution in [2.24, 2.45) is 0 Å². The molecule has 0 amide bonds. The molecule has 0 aromatic heterocycles. The minimum absolute atomic E-state index is 0.463. The Morgan fingerprint density at radius 3 is 2.68 bits per heavy atom. The van der Waals surface area contributed by atoms with E-state index < -0.39 is 0 Å². The van der Waals surface area contributed by atoms with Crippen molar-refractivity contribution < 1.29 is 14.2 Å². The lowest BCUT2D eigenvalue weighted by Crippen LogP contribution is -2.36. The molecule has 1 atom stereocenters. The number of ether oxygens (including phenoxy) is 3. The molecule has 0 saturated carbocycles. The second kappa shape index (κ2) is 6.86. The highest BCUT2D eigenvalue weighted by atomic mass is 16.5. The largest absolute Gasteiger partial charge is 0.496 e. The Balaban J connectivity index is 1.95. The molecule has 22 heavy (non-hydrogen) atoms. The van der Waals surface area contributed by atoms with Crippen LogP contribution in [0.1, 0.15) is 23.6 Å². The summed E-state index contributed by atoms with van der Waals surface area (Å²) in [5.74, 6) is 2.01. The van der Waals surface area contributed by atoms with Gasteiger partial charge in [-0.2, -0.15) is 0 Å². The molecule has 3 rings (SSSR count). The normalized spacial score (nSPS) is 22.2. The average Bonchev–Trinajstić information content (AvgIpc) is 2.54. The van der Waals surface area contributed by atoms with E-state index >= 15 is 0 Å². The van der Waals surface area contributed by atoms with E-state index in [1.165, 1.54) is 16.7 Å². The molecule has 0 bridgehead atoms. The predicted octanol–water partition coefficient (Wildman–Crippen LogP) is 1.57. The molecule has 5 heteroatoms. The van der Waals surface area contributed by atoms with Crippen molar-refractivity contribution in [3.05, 3.63) is 22.8 Å². The number of benzene rings is 1. The van der Waals surface area contributed by atoms with Crippen molar-refractivity contribution in [3.63, 3.8) is 0 Å². The Labute approximate surface area is 132 Å². The van der Waals surface area contributed by atoms with Gasteiger partial charge in [0.25, 0.3) is 0 Å². The van der Waals surface area contributed by atoms with Gasteiger partial charge in [0.2, 0.25) is 0 Å². The van der Waals surface area contributed by atoms with E-state index in [0.717, 1.165) is 57.3 Å². The van der Waals surface area contributed by atoms with Crippen LogP contribution in [-0.2, 0) is 24.2 Å². The van der Waals surface area contributed by atoms with Gasteiger partial charge < -0.3 is 19.5 Å².